The molecule has 1 atom stereocenters. The second-order valence-corrected chi connectivity index (χ2v) is 10.2. The van der Waals surface area contributed by atoms with E-state index in [1.54, 1.807) is 32.5 Å². The van der Waals surface area contributed by atoms with Crippen LogP contribution < -0.4 is 21.1 Å². The number of fused-ring (bicyclic) bond motifs is 1. The van der Waals surface area contributed by atoms with Gasteiger partial charge in [0.15, 0.2) is 23.0 Å². The van der Waals surface area contributed by atoms with E-state index in [-0.39, 0.29) is 29.3 Å². The first kappa shape index (κ1) is 28.7. The molecule has 3 amide bonds. The highest BCUT2D eigenvalue weighted by Gasteiger charge is 2.26. The monoisotopic (exact) mass is 578 g/mol. The Labute approximate surface area is 241 Å². The Kier molecular flexibility index (Phi) is 8.20. The molecule has 0 unspecified atom stereocenters. The molecule has 0 spiro atoms. The van der Waals surface area contributed by atoms with E-state index in [4.69, 9.17) is 10.5 Å². The number of imidazole rings is 1. The van der Waals surface area contributed by atoms with Gasteiger partial charge < -0.3 is 30.9 Å². The summed E-state index contributed by atoms with van der Waals surface area (Å²) in [6.07, 6.45) is 4.58. The SMILES string of the molecule is COc1ccc(-c2cnc3c(Nc4ccc(C(=O)N5CCN(C(=O)NC[C@@H](C)N)CC5)c(C)c4)nccn23)c(F)c1F. The maximum absolute atomic E-state index is 14.8. The van der Waals surface area contributed by atoms with Crippen molar-refractivity contribution in [2.24, 2.45) is 5.73 Å². The summed E-state index contributed by atoms with van der Waals surface area (Å²) in [6.45, 7) is 5.78. The van der Waals surface area contributed by atoms with Crippen LogP contribution in [-0.2, 0) is 0 Å². The number of ether oxygens (including phenoxy) is 1. The Balaban J connectivity index is 1.29. The molecule has 4 aromatic rings. The van der Waals surface area contributed by atoms with Crippen LogP contribution >= 0.6 is 0 Å². The number of aromatic nitrogens is 3. The van der Waals surface area contributed by atoms with Crippen LogP contribution in [0.15, 0.2) is 48.9 Å². The number of rotatable bonds is 7. The molecular weight excluding hydrogens is 546 g/mol. The number of carbonyl (C=O) groups is 2. The Morgan fingerprint density at radius 1 is 1.07 bits per heavy atom. The normalized spacial score (nSPS) is 14.1. The van der Waals surface area contributed by atoms with E-state index in [1.165, 1.54) is 31.6 Å². The van der Waals surface area contributed by atoms with Crippen LogP contribution in [0.1, 0.15) is 22.8 Å². The quantitative estimate of drug-likeness (QED) is 0.306. The lowest BCUT2D eigenvalue weighted by molar-refractivity contribution is 0.0664. The Bertz CT molecular complexity index is 1630. The predicted octanol–water partition coefficient (Wildman–Crippen LogP) is 3.55. The van der Waals surface area contributed by atoms with Crippen LogP contribution in [0.3, 0.4) is 0 Å². The average molecular weight is 579 g/mol. The van der Waals surface area contributed by atoms with Gasteiger partial charge >= 0.3 is 6.03 Å². The number of nitrogens with zero attached hydrogens (tertiary/aromatic N) is 5. The van der Waals surface area contributed by atoms with Crippen LogP contribution in [0, 0.1) is 18.6 Å². The Morgan fingerprint density at radius 2 is 1.81 bits per heavy atom. The zero-order valence-electron chi connectivity index (χ0n) is 23.5. The van der Waals surface area contributed by atoms with Gasteiger partial charge in [-0.05, 0) is 49.7 Å². The van der Waals surface area contributed by atoms with Crippen LogP contribution in [-0.4, -0.2) is 82.0 Å². The average Bonchev–Trinajstić information content (AvgIpc) is 3.42. The highest BCUT2D eigenvalue weighted by atomic mass is 19.2. The standard InChI is InChI=1S/C29H32F2N8O3/c1-17-14-19(4-5-20(17)28(40)37-10-12-38(13-11-37)29(41)35-15-18(2)32)36-26-27-34-16-22(39(27)9-8-33-26)21-6-7-23(42-3)25(31)24(21)30/h4-9,14,16,18H,10-13,15,32H2,1-3H3,(H,33,36)(H,35,41)/t18-/m1/s1. The molecule has 13 heteroatoms. The third-order valence-electron chi connectivity index (χ3n) is 7.12. The van der Waals surface area contributed by atoms with Crippen molar-refractivity contribution < 1.29 is 23.1 Å². The topological polar surface area (TPSA) is 130 Å². The van der Waals surface area contributed by atoms with E-state index in [1.807, 2.05) is 19.9 Å². The molecule has 4 N–H and O–H groups in total. The van der Waals surface area contributed by atoms with Crippen LogP contribution in [0.4, 0.5) is 25.1 Å². The summed E-state index contributed by atoms with van der Waals surface area (Å²) < 4.78 is 35.6. The fourth-order valence-electron chi connectivity index (χ4n) is 4.86. The summed E-state index contributed by atoms with van der Waals surface area (Å²) in [7, 11) is 1.27. The number of anilines is 2. The van der Waals surface area contributed by atoms with Crippen molar-refractivity contribution in [1.29, 1.82) is 0 Å². The van der Waals surface area contributed by atoms with Gasteiger partial charge in [-0.15, -0.1) is 0 Å². The van der Waals surface area contributed by atoms with E-state index in [0.29, 0.717) is 61.1 Å². The third kappa shape index (κ3) is 5.68. The summed E-state index contributed by atoms with van der Waals surface area (Å²) in [5.41, 5.74) is 8.47. The lowest BCUT2D eigenvalue weighted by atomic mass is 10.1. The predicted molar refractivity (Wildman–Crippen MR) is 154 cm³/mol. The molecule has 1 fully saturated rings. The molecular formula is C29H32F2N8O3. The molecule has 11 nitrogen and oxygen atoms in total. The van der Waals surface area contributed by atoms with Gasteiger partial charge in [-0.2, -0.15) is 4.39 Å². The summed E-state index contributed by atoms with van der Waals surface area (Å²) in [4.78, 5) is 37.8. The molecule has 220 valence electrons. The molecule has 0 saturated carbocycles. The Morgan fingerprint density at radius 3 is 2.50 bits per heavy atom. The van der Waals surface area contributed by atoms with E-state index in [9.17, 15) is 18.4 Å². The largest absolute Gasteiger partial charge is 0.494 e. The maximum atomic E-state index is 14.8. The molecule has 0 bridgehead atoms. The van der Waals surface area contributed by atoms with Gasteiger partial charge in [0.25, 0.3) is 5.91 Å². The van der Waals surface area contributed by atoms with Crippen LogP contribution in [0.25, 0.3) is 16.9 Å². The molecule has 1 aliphatic heterocycles. The van der Waals surface area contributed by atoms with Crippen molar-refractivity contribution in [3.05, 3.63) is 71.7 Å². The van der Waals surface area contributed by atoms with E-state index >= 15 is 0 Å². The molecule has 2 aromatic carbocycles. The number of nitrogens with two attached hydrogens (primary N) is 1. The minimum absolute atomic E-state index is 0.0308. The van der Waals surface area contributed by atoms with Gasteiger partial charge in [-0.1, -0.05) is 0 Å². The number of urea groups is 1. The van der Waals surface area contributed by atoms with Gasteiger partial charge in [0.1, 0.15) is 0 Å². The molecule has 3 heterocycles. The molecule has 5 rings (SSSR count). The van der Waals surface area contributed by atoms with Crippen LogP contribution in [0.2, 0.25) is 0 Å². The van der Waals surface area contributed by atoms with Crippen LogP contribution in [0.5, 0.6) is 5.75 Å². The van der Waals surface area contributed by atoms with Crippen molar-refractivity contribution in [1.82, 2.24) is 29.5 Å². The first-order chi connectivity index (χ1) is 20.2. The lowest BCUT2D eigenvalue weighted by Crippen LogP contribution is -2.54. The highest BCUT2D eigenvalue weighted by molar-refractivity contribution is 5.96. The molecule has 0 aliphatic carbocycles. The fraction of sp³-hybridized carbons (Fsp3) is 0.310. The smallest absolute Gasteiger partial charge is 0.317 e. The molecule has 0 radical (unpaired) electrons. The number of aryl methyl sites for hydroxylation is 1. The van der Waals surface area contributed by atoms with Crippen molar-refractivity contribution in [3.63, 3.8) is 0 Å². The number of halogens is 2. The van der Waals surface area contributed by atoms with Crippen molar-refractivity contribution in [2.75, 3.05) is 45.2 Å². The minimum atomic E-state index is -1.08. The molecule has 1 saturated heterocycles. The third-order valence-corrected chi connectivity index (χ3v) is 7.12. The Hall–Kier alpha value is -4.78. The van der Waals surface area contributed by atoms with E-state index in [2.05, 4.69) is 20.6 Å². The number of carbonyl (C=O) groups excluding carboxylic acids is 2. The second-order valence-electron chi connectivity index (χ2n) is 10.2. The fourth-order valence-corrected chi connectivity index (χ4v) is 4.86. The maximum Gasteiger partial charge on any atom is 0.317 e. The van der Waals surface area contributed by atoms with E-state index < -0.39 is 11.6 Å². The van der Waals surface area contributed by atoms with Gasteiger partial charge in [0, 0.05) is 68.0 Å². The van der Waals surface area contributed by atoms with Gasteiger partial charge in [0.2, 0.25) is 5.82 Å². The van der Waals surface area contributed by atoms with Crippen molar-refractivity contribution in [2.45, 2.75) is 19.9 Å². The number of hydrogen-bond donors (Lipinski definition) is 3. The summed E-state index contributed by atoms with van der Waals surface area (Å²) in [6, 6.07) is 7.83. The van der Waals surface area contributed by atoms with E-state index in [0.717, 1.165) is 5.56 Å². The van der Waals surface area contributed by atoms with Crippen molar-refractivity contribution >= 4 is 29.1 Å². The number of amides is 3. The van der Waals surface area contributed by atoms with Gasteiger partial charge in [0.05, 0.1) is 19.0 Å². The first-order valence-electron chi connectivity index (χ1n) is 13.5. The van der Waals surface area contributed by atoms with Gasteiger partial charge in [-0.3, -0.25) is 9.20 Å². The van der Waals surface area contributed by atoms with Gasteiger partial charge in [-0.25, -0.2) is 19.2 Å². The van der Waals surface area contributed by atoms with Crippen molar-refractivity contribution in [3.8, 4) is 17.0 Å². The first-order valence-corrected chi connectivity index (χ1v) is 13.5. The number of benzene rings is 2. The molecule has 2 aromatic heterocycles. The second kappa shape index (κ2) is 12.0. The zero-order valence-corrected chi connectivity index (χ0v) is 23.5. The highest BCUT2D eigenvalue weighted by Crippen LogP contribution is 2.31. The number of hydrogen-bond acceptors (Lipinski definition) is 7. The summed E-state index contributed by atoms with van der Waals surface area (Å²) in [5.74, 6) is -2.01. The minimum Gasteiger partial charge on any atom is -0.494 e. The molecule has 1 aliphatic rings. The summed E-state index contributed by atoms with van der Waals surface area (Å²) >= 11 is 0. The number of nitrogens with one attached hydrogen (secondary N) is 2. The molecule has 42 heavy (non-hydrogen) atoms. The zero-order chi connectivity index (χ0) is 30.0. The summed E-state index contributed by atoms with van der Waals surface area (Å²) in [5, 5.41) is 6.01. The number of piperazine rings is 1. The lowest BCUT2D eigenvalue weighted by Gasteiger charge is -2.35. The number of methoxy groups -OCH3 is 1.